The highest BCUT2D eigenvalue weighted by Gasteiger charge is 2.53. The molecule has 4 nitrogen and oxygen atoms in total. The van der Waals surface area contributed by atoms with E-state index in [0.717, 1.165) is 16.0 Å². The van der Waals surface area contributed by atoms with Gasteiger partial charge < -0.3 is 13.7 Å². The molecule has 1 saturated heterocycles. The van der Waals surface area contributed by atoms with Crippen LogP contribution in [0.25, 0.3) is 11.3 Å². The number of hydrogen-bond donors (Lipinski definition) is 0. The second-order valence-electron chi connectivity index (χ2n) is 5.67. The van der Waals surface area contributed by atoms with Crippen molar-refractivity contribution in [3.05, 3.63) is 24.1 Å². The van der Waals surface area contributed by atoms with E-state index >= 15 is 0 Å². The topological polar surface area (TPSA) is 44.5 Å². The van der Waals surface area contributed by atoms with Gasteiger partial charge in [-0.25, -0.2) is 4.98 Å². The lowest BCUT2D eigenvalue weighted by molar-refractivity contribution is 0.00578. The van der Waals surface area contributed by atoms with Crippen LogP contribution in [0.3, 0.4) is 0 Å². The normalized spacial score (nSPS) is 20.9. The monoisotopic (exact) mass is 277 g/mol. The molecule has 6 heteroatoms. The molecule has 0 radical (unpaired) electrons. The number of aromatic nitrogens is 1. The van der Waals surface area contributed by atoms with Crippen LogP contribution in [0.4, 0.5) is 0 Å². The fraction of sp³-hybridized carbons (Fsp3) is 0.462. The van der Waals surface area contributed by atoms with Crippen molar-refractivity contribution in [2.24, 2.45) is 0 Å². The van der Waals surface area contributed by atoms with E-state index in [1.807, 2.05) is 39.3 Å². The fourth-order valence-corrected chi connectivity index (χ4v) is 2.75. The van der Waals surface area contributed by atoms with E-state index < -0.39 is 0 Å². The minimum Gasteiger partial charge on any atom is -0.472 e. The first-order valence-electron chi connectivity index (χ1n) is 6.22. The van der Waals surface area contributed by atoms with Crippen LogP contribution in [0, 0.1) is 0 Å². The van der Waals surface area contributed by atoms with Crippen molar-refractivity contribution in [3.63, 3.8) is 0 Å². The number of thiazole rings is 1. The average molecular weight is 277 g/mol. The molecule has 0 spiro atoms. The summed E-state index contributed by atoms with van der Waals surface area (Å²) in [6.07, 6.45) is 3.33. The molecular weight excluding hydrogens is 261 g/mol. The van der Waals surface area contributed by atoms with Crippen LogP contribution in [-0.2, 0) is 9.31 Å². The number of furan rings is 1. The van der Waals surface area contributed by atoms with Gasteiger partial charge >= 0.3 is 7.12 Å². The maximum Gasteiger partial charge on any atom is 0.507 e. The first kappa shape index (κ1) is 12.9. The molecule has 0 saturated carbocycles. The molecule has 2 aromatic heterocycles. The van der Waals surface area contributed by atoms with Crippen molar-refractivity contribution < 1.29 is 13.7 Å². The summed E-state index contributed by atoms with van der Waals surface area (Å²) in [6.45, 7) is 8.19. The Morgan fingerprint density at radius 3 is 2.42 bits per heavy atom. The Morgan fingerprint density at radius 2 is 1.84 bits per heavy atom. The van der Waals surface area contributed by atoms with E-state index in [1.165, 1.54) is 0 Å². The first-order valence-corrected chi connectivity index (χ1v) is 7.10. The molecule has 100 valence electrons. The molecule has 0 N–H and O–H groups in total. The molecule has 1 aliphatic heterocycles. The highest BCUT2D eigenvalue weighted by atomic mass is 32.1. The summed E-state index contributed by atoms with van der Waals surface area (Å²) < 4.78 is 18.2. The van der Waals surface area contributed by atoms with E-state index in [9.17, 15) is 0 Å². The minimum absolute atomic E-state index is 0.338. The van der Waals surface area contributed by atoms with Gasteiger partial charge in [0.15, 0.2) is 0 Å². The number of rotatable bonds is 2. The van der Waals surface area contributed by atoms with Gasteiger partial charge in [-0.05, 0) is 33.8 Å². The summed E-state index contributed by atoms with van der Waals surface area (Å²) in [5.41, 5.74) is 2.95. The van der Waals surface area contributed by atoms with Crippen LogP contribution in [0.5, 0.6) is 0 Å². The summed E-state index contributed by atoms with van der Waals surface area (Å²) in [7, 11) is -0.373. The van der Waals surface area contributed by atoms with Gasteiger partial charge in [-0.1, -0.05) is 0 Å². The number of hydrogen-bond acceptors (Lipinski definition) is 5. The van der Waals surface area contributed by atoms with Crippen molar-refractivity contribution in [1.29, 1.82) is 0 Å². The zero-order valence-corrected chi connectivity index (χ0v) is 12.3. The van der Waals surface area contributed by atoms with Gasteiger partial charge in [0.1, 0.15) is 0 Å². The average Bonchev–Trinajstić information content (AvgIpc) is 3.00. The van der Waals surface area contributed by atoms with Crippen molar-refractivity contribution in [2.45, 2.75) is 38.9 Å². The summed E-state index contributed by atoms with van der Waals surface area (Å²) in [6, 6.07) is 1.89. The maximum absolute atomic E-state index is 6.06. The largest absolute Gasteiger partial charge is 0.507 e. The lowest BCUT2D eigenvalue weighted by Gasteiger charge is -2.32. The van der Waals surface area contributed by atoms with E-state index in [4.69, 9.17) is 13.7 Å². The molecule has 2 aromatic rings. The van der Waals surface area contributed by atoms with E-state index in [-0.39, 0.29) is 18.3 Å². The van der Waals surface area contributed by atoms with Gasteiger partial charge in [0, 0.05) is 5.56 Å². The molecule has 1 aliphatic rings. The molecule has 0 bridgehead atoms. The zero-order valence-electron chi connectivity index (χ0n) is 11.5. The Morgan fingerprint density at radius 1 is 1.16 bits per heavy atom. The highest BCUT2D eigenvalue weighted by molar-refractivity contribution is 7.21. The van der Waals surface area contributed by atoms with Crippen LogP contribution in [0.1, 0.15) is 27.7 Å². The van der Waals surface area contributed by atoms with Crippen LogP contribution in [0.2, 0.25) is 0 Å². The van der Waals surface area contributed by atoms with Crippen LogP contribution < -0.4 is 4.78 Å². The lowest BCUT2D eigenvalue weighted by Crippen LogP contribution is -2.41. The third-order valence-corrected chi connectivity index (χ3v) is 4.71. The Labute approximate surface area is 116 Å². The molecule has 3 rings (SSSR count). The van der Waals surface area contributed by atoms with Gasteiger partial charge in [0.05, 0.1) is 39.7 Å². The van der Waals surface area contributed by atoms with Crippen molar-refractivity contribution in [3.8, 4) is 11.3 Å². The van der Waals surface area contributed by atoms with Gasteiger partial charge in [0.25, 0.3) is 0 Å². The molecule has 0 aliphatic carbocycles. The van der Waals surface area contributed by atoms with Gasteiger partial charge in [-0.2, -0.15) is 0 Å². The van der Waals surface area contributed by atoms with E-state index in [1.54, 1.807) is 23.9 Å². The summed E-state index contributed by atoms with van der Waals surface area (Å²) >= 11 is 1.54. The summed E-state index contributed by atoms with van der Waals surface area (Å²) in [5, 5.41) is 0. The van der Waals surface area contributed by atoms with Crippen LogP contribution in [-0.4, -0.2) is 23.3 Å². The summed E-state index contributed by atoms with van der Waals surface area (Å²) in [5.74, 6) is 0. The molecule has 0 amide bonds. The fourth-order valence-electron chi connectivity index (χ4n) is 1.99. The molecule has 1 fully saturated rings. The third-order valence-electron chi connectivity index (χ3n) is 3.86. The predicted molar refractivity (Wildman–Crippen MR) is 75.5 cm³/mol. The second kappa shape index (κ2) is 4.20. The first-order chi connectivity index (χ1) is 8.91. The molecular formula is C13H16BNO3S. The second-order valence-corrected chi connectivity index (χ2v) is 6.55. The molecule has 3 heterocycles. The standard InChI is InChI=1S/C13H16BNO3S/c1-12(2)13(3,4)18-14(17-12)11-10(15-8-19-11)9-5-6-16-7-9/h5-8H,1-4H3. The Kier molecular flexibility index (Phi) is 2.85. The molecule has 0 atom stereocenters. The Balaban J connectivity index is 1.96. The molecule has 0 unspecified atom stereocenters. The Bertz CT molecular complexity index is 560. The van der Waals surface area contributed by atoms with Gasteiger partial charge in [-0.15, -0.1) is 11.3 Å². The minimum atomic E-state index is -0.373. The van der Waals surface area contributed by atoms with Gasteiger partial charge in [0.2, 0.25) is 0 Å². The third kappa shape index (κ3) is 2.04. The van der Waals surface area contributed by atoms with Crippen LogP contribution in [0.15, 0.2) is 28.5 Å². The van der Waals surface area contributed by atoms with Crippen molar-refractivity contribution in [1.82, 2.24) is 4.98 Å². The smallest absolute Gasteiger partial charge is 0.472 e. The zero-order chi connectivity index (χ0) is 13.7. The van der Waals surface area contributed by atoms with Crippen molar-refractivity contribution in [2.75, 3.05) is 0 Å². The molecule has 0 aromatic carbocycles. The SMILES string of the molecule is CC1(C)OB(c2scnc2-c2ccoc2)OC1(C)C. The predicted octanol–water partition coefficient (Wildman–Crippen LogP) is 2.70. The van der Waals surface area contributed by atoms with E-state index in [2.05, 4.69) is 4.98 Å². The Hall–Kier alpha value is -1.11. The molecule has 19 heavy (non-hydrogen) atoms. The van der Waals surface area contributed by atoms with E-state index in [0.29, 0.717) is 0 Å². The lowest BCUT2D eigenvalue weighted by atomic mass is 9.85. The summed E-state index contributed by atoms with van der Waals surface area (Å²) in [4.78, 5) is 4.40. The number of nitrogens with zero attached hydrogens (tertiary/aromatic N) is 1. The maximum atomic E-state index is 6.06. The highest BCUT2D eigenvalue weighted by Crippen LogP contribution is 2.37. The van der Waals surface area contributed by atoms with Crippen molar-refractivity contribution >= 4 is 23.2 Å². The van der Waals surface area contributed by atoms with Gasteiger partial charge in [-0.3, -0.25) is 0 Å². The van der Waals surface area contributed by atoms with Crippen LogP contribution >= 0.6 is 11.3 Å². The quantitative estimate of drug-likeness (QED) is 0.792.